The Hall–Kier alpha value is -0.120. The van der Waals surface area contributed by atoms with Crippen LogP contribution >= 0.6 is 0 Å². The van der Waals surface area contributed by atoms with Crippen LogP contribution in [0.4, 0.5) is 0 Å². The maximum absolute atomic E-state index is 6.13. The van der Waals surface area contributed by atoms with Gasteiger partial charge in [0.15, 0.2) is 0 Å². The molecule has 0 radical (unpaired) electrons. The molecule has 2 N–H and O–H groups in total. The molecule has 1 aliphatic rings. The van der Waals surface area contributed by atoms with E-state index in [-0.39, 0.29) is 11.2 Å². The highest BCUT2D eigenvalue weighted by Crippen LogP contribution is 2.30. The zero-order valence-corrected chi connectivity index (χ0v) is 14.0. The van der Waals surface area contributed by atoms with E-state index in [0.717, 1.165) is 26.2 Å². The smallest absolute Gasteiger partial charge is 0.0760 e. The fourth-order valence-corrected chi connectivity index (χ4v) is 3.53. The van der Waals surface area contributed by atoms with Crippen LogP contribution in [0, 0.1) is 11.3 Å². The molecule has 0 aromatic rings. The zero-order valence-electron chi connectivity index (χ0n) is 14.0. The molecule has 1 rings (SSSR count). The van der Waals surface area contributed by atoms with Crippen LogP contribution in [0.5, 0.6) is 0 Å². The summed E-state index contributed by atoms with van der Waals surface area (Å²) in [5.74, 6) is 0.574. The average Bonchev–Trinajstić information content (AvgIpc) is 2.08. The first kappa shape index (κ1) is 16.9. The van der Waals surface area contributed by atoms with Gasteiger partial charge in [0.2, 0.25) is 0 Å². The Labute approximate surface area is 119 Å². The molecule has 1 fully saturated rings. The van der Waals surface area contributed by atoms with Crippen molar-refractivity contribution in [1.29, 1.82) is 0 Å². The number of ether oxygens (including phenoxy) is 1. The Morgan fingerprint density at radius 3 is 1.95 bits per heavy atom. The van der Waals surface area contributed by atoms with Crippen molar-refractivity contribution in [2.45, 2.75) is 66.1 Å². The zero-order chi connectivity index (χ0) is 14.9. The molecule has 114 valence electrons. The lowest BCUT2D eigenvalue weighted by molar-refractivity contribution is -0.182. The molecule has 0 spiro atoms. The predicted molar refractivity (Wildman–Crippen MR) is 82.3 cm³/mol. The second-order valence-electron chi connectivity index (χ2n) is 8.66. The van der Waals surface area contributed by atoms with E-state index in [9.17, 15) is 0 Å². The van der Waals surface area contributed by atoms with E-state index >= 15 is 0 Å². The maximum Gasteiger partial charge on any atom is 0.0760 e. The minimum Gasteiger partial charge on any atom is -0.367 e. The first-order valence-electron chi connectivity index (χ1n) is 7.55. The van der Waals surface area contributed by atoms with E-state index in [1.807, 2.05) is 0 Å². The molecule has 3 heteroatoms. The predicted octanol–water partition coefficient (Wildman–Crippen LogP) is 2.89. The second-order valence-corrected chi connectivity index (χ2v) is 8.66. The lowest BCUT2D eigenvalue weighted by Crippen LogP contribution is -2.58. The fraction of sp³-hybridized carbons (Fsp3) is 1.00. The fourth-order valence-electron chi connectivity index (χ4n) is 3.53. The molecule has 0 amide bonds. The van der Waals surface area contributed by atoms with E-state index < -0.39 is 0 Å². The summed E-state index contributed by atoms with van der Waals surface area (Å²) < 4.78 is 6.13. The summed E-state index contributed by atoms with van der Waals surface area (Å²) >= 11 is 0. The monoisotopic (exact) mass is 270 g/mol. The highest BCUT2D eigenvalue weighted by atomic mass is 16.5. The van der Waals surface area contributed by atoms with Crippen molar-refractivity contribution in [1.82, 2.24) is 4.90 Å². The Bertz CT molecular complexity index is 276. The molecule has 19 heavy (non-hydrogen) atoms. The van der Waals surface area contributed by atoms with Crippen molar-refractivity contribution in [2.24, 2.45) is 17.1 Å². The van der Waals surface area contributed by atoms with Crippen molar-refractivity contribution in [2.75, 3.05) is 26.2 Å². The van der Waals surface area contributed by atoms with Gasteiger partial charge < -0.3 is 10.5 Å². The van der Waals surface area contributed by atoms with E-state index in [0.29, 0.717) is 11.3 Å². The molecule has 1 aliphatic heterocycles. The molecule has 1 heterocycles. The Morgan fingerprint density at radius 1 is 1.11 bits per heavy atom. The minimum atomic E-state index is -0.0668. The van der Waals surface area contributed by atoms with Crippen molar-refractivity contribution < 1.29 is 4.74 Å². The van der Waals surface area contributed by atoms with Crippen LogP contribution in [-0.2, 0) is 4.74 Å². The third-order valence-corrected chi connectivity index (χ3v) is 3.51. The topological polar surface area (TPSA) is 38.5 Å². The van der Waals surface area contributed by atoms with E-state index in [1.165, 1.54) is 6.42 Å². The van der Waals surface area contributed by atoms with Gasteiger partial charge in [0, 0.05) is 19.6 Å². The van der Waals surface area contributed by atoms with Gasteiger partial charge in [-0.25, -0.2) is 0 Å². The van der Waals surface area contributed by atoms with Crippen molar-refractivity contribution >= 4 is 0 Å². The first-order chi connectivity index (χ1) is 8.42. The van der Waals surface area contributed by atoms with E-state index in [1.54, 1.807) is 0 Å². The van der Waals surface area contributed by atoms with Gasteiger partial charge in [0.1, 0.15) is 0 Å². The van der Waals surface area contributed by atoms with Gasteiger partial charge in [-0.1, -0.05) is 20.8 Å². The third kappa shape index (κ3) is 6.24. The van der Waals surface area contributed by atoms with Gasteiger partial charge in [-0.3, -0.25) is 4.90 Å². The molecular weight excluding hydrogens is 236 g/mol. The maximum atomic E-state index is 6.13. The van der Waals surface area contributed by atoms with E-state index in [4.69, 9.17) is 10.5 Å². The molecule has 0 aliphatic carbocycles. The van der Waals surface area contributed by atoms with E-state index in [2.05, 4.69) is 53.4 Å². The minimum absolute atomic E-state index is 0.0668. The van der Waals surface area contributed by atoms with Gasteiger partial charge >= 0.3 is 0 Å². The van der Waals surface area contributed by atoms with Crippen LogP contribution < -0.4 is 5.73 Å². The van der Waals surface area contributed by atoms with Crippen LogP contribution in [0.25, 0.3) is 0 Å². The summed E-state index contributed by atoms with van der Waals surface area (Å²) in [6.07, 6.45) is 1.18. The van der Waals surface area contributed by atoms with Crippen LogP contribution in [0.1, 0.15) is 54.9 Å². The summed E-state index contributed by atoms with van der Waals surface area (Å²) in [5, 5.41) is 0. The molecular formula is C16H34N2O. The van der Waals surface area contributed by atoms with Crippen LogP contribution in [0.2, 0.25) is 0 Å². The number of hydrogen-bond donors (Lipinski definition) is 1. The molecule has 0 aromatic heterocycles. The van der Waals surface area contributed by atoms with Gasteiger partial charge in [-0.05, 0) is 52.0 Å². The second kappa shape index (κ2) is 5.71. The van der Waals surface area contributed by atoms with Gasteiger partial charge in [-0.2, -0.15) is 0 Å². The third-order valence-electron chi connectivity index (χ3n) is 3.51. The Morgan fingerprint density at radius 2 is 1.58 bits per heavy atom. The number of nitrogens with zero attached hydrogens (tertiary/aromatic N) is 1. The summed E-state index contributed by atoms with van der Waals surface area (Å²) in [5.41, 5.74) is 6.19. The highest BCUT2D eigenvalue weighted by molar-refractivity contribution is 4.90. The van der Waals surface area contributed by atoms with Crippen molar-refractivity contribution in [3.8, 4) is 0 Å². The lowest BCUT2D eigenvalue weighted by atomic mass is 9.84. The van der Waals surface area contributed by atoms with Crippen LogP contribution in [0.3, 0.4) is 0 Å². The number of rotatable bonds is 4. The summed E-state index contributed by atoms with van der Waals surface area (Å²) in [7, 11) is 0. The number of morpholine rings is 1. The molecule has 1 atom stereocenters. The molecule has 0 bridgehead atoms. The van der Waals surface area contributed by atoms with Crippen LogP contribution in [0.15, 0.2) is 0 Å². The van der Waals surface area contributed by atoms with Gasteiger partial charge in [0.05, 0.1) is 11.2 Å². The molecule has 3 nitrogen and oxygen atoms in total. The molecule has 1 saturated heterocycles. The standard InChI is InChI=1S/C16H34N2O/c1-14(2,3)8-13(9-17)10-18-11-15(4,5)19-16(6,7)12-18/h13H,8-12,17H2,1-7H3. The quantitative estimate of drug-likeness (QED) is 0.853. The number of nitrogens with two attached hydrogens (primary N) is 1. The highest BCUT2D eigenvalue weighted by Gasteiger charge is 2.38. The van der Waals surface area contributed by atoms with Crippen molar-refractivity contribution in [3.63, 3.8) is 0 Å². The van der Waals surface area contributed by atoms with Gasteiger partial charge in [0.25, 0.3) is 0 Å². The Kier molecular flexibility index (Phi) is 5.09. The molecule has 1 unspecified atom stereocenters. The van der Waals surface area contributed by atoms with Gasteiger partial charge in [-0.15, -0.1) is 0 Å². The largest absolute Gasteiger partial charge is 0.367 e. The van der Waals surface area contributed by atoms with Crippen molar-refractivity contribution in [3.05, 3.63) is 0 Å². The lowest BCUT2D eigenvalue weighted by Gasteiger charge is -2.48. The molecule has 0 aromatic carbocycles. The first-order valence-corrected chi connectivity index (χ1v) is 7.55. The average molecular weight is 270 g/mol. The van der Waals surface area contributed by atoms with Crippen LogP contribution in [-0.4, -0.2) is 42.3 Å². The summed E-state index contributed by atoms with van der Waals surface area (Å²) in [6, 6.07) is 0. The summed E-state index contributed by atoms with van der Waals surface area (Å²) in [4.78, 5) is 2.53. The number of hydrogen-bond acceptors (Lipinski definition) is 3. The Balaban J connectivity index is 2.64. The summed E-state index contributed by atoms with van der Waals surface area (Å²) in [6.45, 7) is 19.5. The normalized spacial score (nSPS) is 25.3. The molecule has 0 saturated carbocycles. The SMILES string of the molecule is CC(C)(C)CC(CN)CN1CC(C)(C)OC(C)(C)C1.